The Morgan fingerprint density at radius 1 is 1.17 bits per heavy atom. The molecular formula is C25H29FN2OS. The first-order valence-corrected chi connectivity index (χ1v) is 12.1. The number of thioether (sulfide) groups is 1. The van der Waals surface area contributed by atoms with Crippen LogP contribution in [0.3, 0.4) is 0 Å². The SMILES string of the molecule is Cc1ccc2c3c1SCCCN3[C@@H]1CCN(CCCC(=O)c3ccc(F)cc3)C[C@H]21. The number of ketones is 1. The second kappa shape index (κ2) is 8.35. The third kappa shape index (κ3) is 3.67. The second-order valence-corrected chi connectivity index (χ2v) is 9.95. The van der Waals surface area contributed by atoms with Gasteiger partial charge in [0.2, 0.25) is 0 Å². The molecule has 0 saturated carbocycles. The molecule has 0 amide bonds. The third-order valence-corrected chi connectivity index (χ3v) is 8.24. The van der Waals surface area contributed by atoms with E-state index in [1.807, 2.05) is 11.8 Å². The van der Waals surface area contributed by atoms with E-state index in [0.29, 0.717) is 23.9 Å². The van der Waals surface area contributed by atoms with Crippen molar-refractivity contribution in [2.24, 2.45) is 0 Å². The number of anilines is 1. The molecule has 1 saturated heterocycles. The van der Waals surface area contributed by atoms with Crippen LogP contribution >= 0.6 is 11.8 Å². The van der Waals surface area contributed by atoms with E-state index in [2.05, 4.69) is 28.9 Å². The van der Waals surface area contributed by atoms with Gasteiger partial charge in [0.05, 0.1) is 5.69 Å². The number of carbonyl (C=O) groups excluding carboxylic acids is 1. The summed E-state index contributed by atoms with van der Waals surface area (Å²) in [6.45, 7) is 6.59. The Kier molecular flexibility index (Phi) is 5.59. The van der Waals surface area contributed by atoms with Gasteiger partial charge in [0.25, 0.3) is 0 Å². The van der Waals surface area contributed by atoms with Gasteiger partial charge >= 0.3 is 0 Å². The predicted molar refractivity (Wildman–Crippen MR) is 121 cm³/mol. The number of piperidine rings is 1. The van der Waals surface area contributed by atoms with Gasteiger partial charge in [0.1, 0.15) is 5.82 Å². The fourth-order valence-corrected chi connectivity index (χ4v) is 6.59. The largest absolute Gasteiger partial charge is 0.367 e. The van der Waals surface area contributed by atoms with Crippen molar-refractivity contribution in [3.63, 3.8) is 0 Å². The summed E-state index contributed by atoms with van der Waals surface area (Å²) in [6, 6.07) is 11.2. The first-order chi connectivity index (χ1) is 14.6. The van der Waals surface area contributed by atoms with Crippen LogP contribution in [0.5, 0.6) is 0 Å². The number of nitrogens with zero attached hydrogens (tertiary/aromatic N) is 2. The van der Waals surface area contributed by atoms with Crippen LogP contribution in [-0.4, -0.2) is 48.7 Å². The summed E-state index contributed by atoms with van der Waals surface area (Å²) in [4.78, 5) is 19.2. The molecular weight excluding hydrogens is 395 g/mol. The van der Waals surface area contributed by atoms with Crippen LogP contribution in [0.15, 0.2) is 41.3 Å². The molecule has 5 heteroatoms. The Hall–Kier alpha value is -1.85. The van der Waals surface area contributed by atoms with Crippen molar-refractivity contribution in [3.8, 4) is 0 Å². The third-order valence-electron chi connectivity index (χ3n) is 6.94. The average molecular weight is 425 g/mol. The summed E-state index contributed by atoms with van der Waals surface area (Å²) in [5, 5.41) is 0. The van der Waals surface area contributed by atoms with E-state index in [4.69, 9.17) is 0 Å². The van der Waals surface area contributed by atoms with Crippen molar-refractivity contribution in [2.75, 3.05) is 36.8 Å². The average Bonchev–Trinajstić information content (AvgIpc) is 2.90. The van der Waals surface area contributed by atoms with Crippen molar-refractivity contribution in [1.29, 1.82) is 0 Å². The van der Waals surface area contributed by atoms with E-state index in [1.54, 1.807) is 17.7 Å². The summed E-state index contributed by atoms with van der Waals surface area (Å²) < 4.78 is 13.1. The Balaban J connectivity index is 1.24. The molecule has 2 aromatic rings. The maximum absolute atomic E-state index is 13.1. The molecule has 0 N–H and O–H groups in total. The molecule has 0 aliphatic carbocycles. The standard InChI is InChI=1S/C25H29FN2OS/c1-17-5-10-20-21-16-27(12-2-4-23(29)18-6-8-19(26)9-7-18)14-11-22(21)28-13-3-15-30-25(17)24(20)28/h5-10,21-22H,2-4,11-16H2,1H3/t21-,22-/m1/s1. The first kappa shape index (κ1) is 20.1. The molecule has 2 aromatic carbocycles. The molecule has 158 valence electrons. The number of likely N-dealkylation sites (tertiary alicyclic amines) is 1. The number of halogens is 1. The summed E-state index contributed by atoms with van der Waals surface area (Å²) in [5.41, 5.74) is 5.11. The molecule has 1 fully saturated rings. The molecule has 3 aliphatic rings. The van der Waals surface area contributed by atoms with Gasteiger partial charge in [-0.3, -0.25) is 4.79 Å². The van der Waals surface area contributed by atoms with Gasteiger partial charge in [-0.1, -0.05) is 12.1 Å². The molecule has 0 bridgehead atoms. The highest BCUT2D eigenvalue weighted by molar-refractivity contribution is 7.99. The first-order valence-electron chi connectivity index (χ1n) is 11.2. The zero-order chi connectivity index (χ0) is 20.7. The highest BCUT2D eigenvalue weighted by Crippen LogP contribution is 2.51. The number of rotatable bonds is 5. The highest BCUT2D eigenvalue weighted by Gasteiger charge is 2.43. The topological polar surface area (TPSA) is 23.6 Å². The van der Waals surface area contributed by atoms with Crippen molar-refractivity contribution in [3.05, 3.63) is 58.9 Å². The van der Waals surface area contributed by atoms with E-state index in [-0.39, 0.29) is 11.6 Å². The Bertz CT molecular complexity index is 945. The normalized spacial score (nSPS) is 23.1. The van der Waals surface area contributed by atoms with Crippen molar-refractivity contribution in [2.45, 2.75) is 49.5 Å². The lowest BCUT2D eigenvalue weighted by molar-refractivity contribution is 0.0971. The van der Waals surface area contributed by atoms with Crippen molar-refractivity contribution in [1.82, 2.24) is 4.90 Å². The molecule has 3 aliphatic heterocycles. The molecule has 30 heavy (non-hydrogen) atoms. The van der Waals surface area contributed by atoms with Crippen LogP contribution in [-0.2, 0) is 0 Å². The van der Waals surface area contributed by atoms with E-state index in [9.17, 15) is 9.18 Å². The van der Waals surface area contributed by atoms with Crippen LogP contribution in [0.25, 0.3) is 0 Å². The zero-order valence-electron chi connectivity index (χ0n) is 17.6. The Labute approximate surface area is 182 Å². The van der Waals surface area contributed by atoms with Crippen LogP contribution in [0.1, 0.15) is 53.1 Å². The minimum Gasteiger partial charge on any atom is -0.367 e. The molecule has 0 radical (unpaired) electrons. The molecule has 3 nitrogen and oxygen atoms in total. The highest BCUT2D eigenvalue weighted by atomic mass is 32.2. The number of benzene rings is 2. The lowest BCUT2D eigenvalue weighted by Gasteiger charge is -2.39. The number of hydrogen-bond acceptors (Lipinski definition) is 4. The Morgan fingerprint density at radius 3 is 2.83 bits per heavy atom. The maximum atomic E-state index is 13.1. The van der Waals surface area contributed by atoms with Gasteiger partial charge in [-0.15, -0.1) is 11.8 Å². The van der Waals surface area contributed by atoms with Gasteiger partial charge in [-0.25, -0.2) is 4.39 Å². The number of hydrogen-bond donors (Lipinski definition) is 0. The fraction of sp³-hybridized carbons (Fsp3) is 0.480. The van der Waals surface area contributed by atoms with E-state index in [1.165, 1.54) is 53.4 Å². The van der Waals surface area contributed by atoms with Gasteiger partial charge < -0.3 is 9.80 Å². The summed E-state index contributed by atoms with van der Waals surface area (Å²) in [7, 11) is 0. The molecule has 5 rings (SSSR count). The predicted octanol–water partition coefficient (Wildman–Crippen LogP) is 5.27. The quantitative estimate of drug-likeness (QED) is 0.610. The molecule has 2 atom stereocenters. The van der Waals surface area contributed by atoms with Crippen LogP contribution < -0.4 is 4.90 Å². The number of fused-ring (bicyclic) bond motifs is 3. The monoisotopic (exact) mass is 424 g/mol. The number of Topliss-reactive ketones (excluding diaryl/α,β-unsaturated/α-hetero) is 1. The minimum atomic E-state index is -0.295. The van der Waals surface area contributed by atoms with E-state index >= 15 is 0 Å². The zero-order valence-corrected chi connectivity index (χ0v) is 18.4. The molecule has 0 aromatic heterocycles. The smallest absolute Gasteiger partial charge is 0.162 e. The lowest BCUT2D eigenvalue weighted by atomic mass is 9.88. The lowest BCUT2D eigenvalue weighted by Crippen LogP contribution is -2.46. The van der Waals surface area contributed by atoms with Gasteiger partial charge in [0.15, 0.2) is 5.78 Å². The second-order valence-electron chi connectivity index (χ2n) is 8.84. The van der Waals surface area contributed by atoms with Crippen LogP contribution in [0.2, 0.25) is 0 Å². The number of aryl methyl sites for hydroxylation is 1. The van der Waals surface area contributed by atoms with Gasteiger partial charge in [-0.05, 0) is 73.9 Å². The van der Waals surface area contributed by atoms with Crippen LogP contribution in [0, 0.1) is 12.7 Å². The van der Waals surface area contributed by atoms with Gasteiger partial charge in [0, 0.05) is 48.5 Å². The van der Waals surface area contributed by atoms with E-state index < -0.39 is 0 Å². The summed E-state index contributed by atoms with van der Waals surface area (Å²) >= 11 is 2.04. The molecule has 0 spiro atoms. The van der Waals surface area contributed by atoms with Crippen molar-refractivity contribution < 1.29 is 9.18 Å². The molecule has 3 heterocycles. The fourth-order valence-electron chi connectivity index (χ4n) is 5.45. The summed E-state index contributed by atoms with van der Waals surface area (Å²) in [6.07, 6.45) is 3.85. The Morgan fingerprint density at radius 2 is 2.00 bits per heavy atom. The van der Waals surface area contributed by atoms with Crippen molar-refractivity contribution >= 4 is 23.2 Å². The maximum Gasteiger partial charge on any atom is 0.162 e. The number of carbonyl (C=O) groups is 1. The van der Waals surface area contributed by atoms with E-state index in [0.717, 1.165) is 26.1 Å². The minimum absolute atomic E-state index is 0.113. The van der Waals surface area contributed by atoms with Gasteiger partial charge in [-0.2, -0.15) is 0 Å². The molecule has 0 unspecified atom stereocenters. The summed E-state index contributed by atoms with van der Waals surface area (Å²) in [5.74, 6) is 1.62. The van der Waals surface area contributed by atoms with Crippen LogP contribution in [0.4, 0.5) is 10.1 Å².